The third-order valence-electron chi connectivity index (χ3n) is 4.25. The zero-order valence-corrected chi connectivity index (χ0v) is 15.9. The molecule has 5 nitrogen and oxygen atoms in total. The minimum Gasteiger partial charge on any atom is -0.349 e. The van der Waals surface area contributed by atoms with Crippen molar-refractivity contribution in [1.82, 2.24) is 20.5 Å². The van der Waals surface area contributed by atoms with Crippen LogP contribution in [0, 0.1) is 13.8 Å². The standard InChI is InChI=1S/C20H22N4OS/c1-13-9-10-17(11-14(13)2)15(3)21-18(25)12-26-20-22-19(23-24-20)16-7-5-4-6-8-16/h4-11,15H,12H2,1-3H3,(H,21,25)(H,22,23,24)/t15-/m1/s1. The van der Waals surface area contributed by atoms with Crippen LogP contribution in [0.4, 0.5) is 0 Å². The van der Waals surface area contributed by atoms with Gasteiger partial charge in [0.25, 0.3) is 0 Å². The van der Waals surface area contributed by atoms with Gasteiger partial charge in [-0.1, -0.05) is 60.3 Å². The number of aromatic amines is 1. The average Bonchev–Trinajstić information content (AvgIpc) is 3.12. The SMILES string of the molecule is Cc1ccc([C@@H](C)NC(=O)CSc2n[nH]c(-c3ccccc3)n2)cc1C. The van der Waals surface area contributed by atoms with Gasteiger partial charge in [0.1, 0.15) is 0 Å². The third-order valence-corrected chi connectivity index (χ3v) is 5.10. The van der Waals surface area contributed by atoms with E-state index >= 15 is 0 Å². The summed E-state index contributed by atoms with van der Waals surface area (Å²) in [7, 11) is 0. The molecule has 3 rings (SSSR count). The van der Waals surface area contributed by atoms with Crippen molar-refractivity contribution in [3.05, 3.63) is 65.2 Å². The van der Waals surface area contributed by atoms with Crippen LogP contribution in [-0.4, -0.2) is 26.8 Å². The van der Waals surface area contributed by atoms with E-state index in [9.17, 15) is 4.79 Å². The molecule has 0 aliphatic heterocycles. The summed E-state index contributed by atoms with van der Waals surface area (Å²) < 4.78 is 0. The summed E-state index contributed by atoms with van der Waals surface area (Å²) >= 11 is 1.32. The van der Waals surface area contributed by atoms with Crippen LogP contribution < -0.4 is 5.32 Å². The first-order valence-electron chi connectivity index (χ1n) is 8.50. The van der Waals surface area contributed by atoms with Crippen LogP contribution in [0.15, 0.2) is 53.7 Å². The maximum Gasteiger partial charge on any atom is 0.230 e. The molecule has 0 aliphatic rings. The average molecular weight is 366 g/mol. The summed E-state index contributed by atoms with van der Waals surface area (Å²) in [4.78, 5) is 16.7. The van der Waals surface area contributed by atoms with Crippen molar-refractivity contribution >= 4 is 17.7 Å². The molecular weight excluding hydrogens is 344 g/mol. The van der Waals surface area contributed by atoms with E-state index < -0.39 is 0 Å². The van der Waals surface area contributed by atoms with E-state index in [0.29, 0.717) is 11.0 Å². The largest absolute Gasteiger partial charge is 0.349 e. The summed E-state index contributed by atoms with van der Waals surface area (Å²) in [6, 6.07) is 16.0. The van der Waals surface area contributed by atoms with E-state index in [0.717, 1.165) is 11.1 Å². The molecule has 0 bridgehead atoms. The van der Waals surface area contributed by atoms with E-state index in [1.807, 2.05) is 37.3 Å². The Kier molecular flexibility index (Phi) is 5.73. The highest BCUT2D eigenvalue weighted by molar-refractivity contribution is 7.99. The molecule has 1 amide bonds. The number of aromatic nitrogens is 3. The maximum absolute atomic E-state index is 12.2. The summed E-state index contributed by atoms with van der Waals surface area (Å²) in [5, 5.41) is 10.7. The fourth-order valence-electron chi connectivity index (χ4n) is 2.57. The van der Waals surface area contributed by atoms with E-state index in [1.165, 1.54) is 22.9 Å². The quantitative estimate of drug-likeness (QED) is 0.646. The van der Waals surface area contributed by atoms with Gasteiger partial charge in [-0.3, -0.25) is 9.89 Å². The van der Waals surface area contributed by atoms with Crippen LogP contribution in [0.1, 0.15) is 29.7 Å². The van der Waals surface area contributed by atoms with Crippen LogP contribution in [0.5, 0.6) is 0 Å². The number of amides is 1. The molecule has 1 atom stereocenters. The van der Waals surface area contributed by atoms with Gasteiger partial charge in [-0.05, 0) is 37.5 Å². The zero-order valence-electron chi connectivity index (χ0n) is 15.1. The Bertz CT molecular complexity index is 892. The van der Waals surface area contributed by atoms with Gasteiger partial charge in [-0.25, -0.2) is 4.98 Å². The van der Waals surface area contributed by atoms with Gasteiger partial charge >= 0.3 is 0 Å². The molecule has 134 valence electrons. The number of hydrogen-bond acceptors (Lipinski definition) is 4. The Hall–Kier alpha value is -2.60. The fourth-order valence-corrected chi connectivity index (χ4v) is 3.18. The molecule has 0 aliphatic carbocycles. The Morgan fingerprint density at radius 3 is 2.65 bits per heavy atom. The normalized spacial score (nSPS) is 12.0. The highest BCUT2D eigenvalue weighted by Gasteiger charge is 2.12. The van der Waals surface area contributed by atoms with Crippen molar-refractivity contribution in [2.24, 2.45) is 0 Å². The Labute approximate surface area is 157 Å². The molecule has 3 aromatic rings. The zero-order chi connectivity index (χ0) is 18.5. The highest BCUT2D eigenvalue weighted by atomic mass is 32.2. The van der Waals surface area contributed by atoms with Gasteiger partial charge in [0, 0.05) is 5.56 Å². The fraction of sp³-hybridized carbons (Fsp3) is 0.250. The number of thioether (sulfide) groups is 1. The second-order valence-electron chi connectivity index (χ2n) is 6.25. The number of carbonyl (C=O) groups excluding carboxylic acids is 1. The maximum atomic E-state index is 12.2. The molecular formula is C20H22N4OS. The number of hydrogen-bond donors (Lipinski definition) is 2. The van der Waals surface area contributed by atoms with Gasteiger partial charge in [0.05, 0.1) is 11.8 Å². The van der Waals surface area contributed by atoms with Crippen molar-refractivity contribution < 1.29 is 4.79 Å². The molecule has 0 fully saturated rings. The van der Waals surface area contributed by atoms with Crippen LogP contribution in [0.3, 0.4) is 0 Å². The lowest BCUT2D eigenvalue weighted by atomic mass is 10.0. The molecule has 0 spiro atoms. The number of rotatable bonds is 6. The van der Waals surface area contributed by atoms with Gasteiger partial charge in [0.2, 0.25) is 11.1 Å². The first kappa shape index (κ1) is 18.2. The second-order valence-corrected chi connectivity index (χ2v) is 7.20. The summed E-state index contributed by atoms with van der Waals surface area (Å²) in [6.07, 6.45) is 0. The summed E-state index contributed by atoms with van der Waals surface area (Å²) in [6.45, 7) is 6.16. The molecule has 1 heterocycles. The lowest BCUT2D eigenvalue weighted by Crippen LogP contribution is -2.28. The minimum atomic E-state index is -0.0354. The van der Waals surface area contributed by atoms with E-state index in [1.54, 1.807) is 0 Å². The van der Waals surface area contributed by atoms with E-state index in [2.05, 4.69) is 52.5 Å². The lowest BCUT2D eigenvalue weighted by Gasteiger charge is -2.15. The third kappa shape index (κ3) is 4.52. The molecule has 0 saturated heterocycles. The summed E-state index contributed by atoms with van der Waals surface area (Å²) in [5.74, 6) is 0.949. The van der Waals surface area contributed by atoms with Gasteiger partial charge in [0.15, 0.2) is 5.82 Å². The second kappa shape index (κ2) is 8.19. The predicted molar refractivity (Wildman–Crippen MR) is 105 cm³/mol. The van der Waals surface area contributed by atoms with Crippen molar-refractivity contribution in [3.63, 3.8) is 0 Å². The van der Waals surface area contributed by atoms with E-state index in [4.69, 9.17) is 0 Å². The number of benzene rings is 2. The minimum absolute atomic E-state index is 0.0329. The number of nitrogens with zero attached hydrogens (tertiary/aromatic N) is 2. The number of aryl methyl sites for hydroxylation is 2. The molecule has 0 unspecified atom stereocenters. The van der Waals surface area contributed by atoms with Gasteiger partial charge in [-0.15, -0.1) is 5.10 Å². The molecule has 2 N–H and O–H groups in total. The molecule has 1 aromatic heterocycles. The molecule has 0 saturated carbocycles. The number of H-pyrrole nitrogens is 1. The molecule has 0 radical (unpaired) electrons. The smallest absolute Gasteiger partial charge is 0.230 e. The van der Waals surface area contributed by atoms with Crippen molar-refractivity contribution in [2.75, 3.05) is 5.75 Å². The number of carbonyl (C=O) groups is 1. The van der Waals surface area contributed by atoms with Crippen molar-refractivity contribution in [1.29, 1.82) is 0 Å². The highest BCUT2D eigenvalue weighted by Crippen LogP contribution is 2.20. The van der Waals surface area contributed by atoms with Gasteiger partial charge < -0.3 is 5.32 Å². The van der Waals surface area contributed by atoms with E-state index in [-0.39, 0.29) is 17.7 Å². The Morgan fingerprint density at radius 1 is 1.15 bits per heavy atom. The molecule has 26 heavy (non-hydrogen) atoms. The van der Waals surface area contributed by atoms with Crippen molar-refractivity contribution in [2.45, 2.75) is 32.0 Å². The molecule has 2 aromatic carbocycles. The number of nitrogens with one attached hydrogen (secondary N) is 2. The Morgan fingerprint density at radius 2 is 1.92 bits per heavy atom. The first-order chi connectivity index (χ1) is 12.5. The van der Waals surface area contributed by atoms with Gasteiger partial charge in [-0.2, -0.15) is 0 Å². The first-order valence-corrected chi connectivity index (χ1v) is 9.48. The van der Waals surface area contributed by atoms with Crippen LogP contribution in [0.25, 0.3) is 11.4 Å². The Balaban J connectivity index is 1.54. The monoisotopic (exact) mass is 366 g/mol. The van der Waals surface area contributed by atoms with Crippen LogP contribution >= 0.6 is 11.8 Å². The lowest BCUT2D eigenvalue weighted by molar-refractivity contribution is -0.119. The predicted octanol–water partition coefficient (Wildman–Crippen LogP) is 4.06. The topological polar surface area (TPSA) is 70.7 Å². The van der Waals surface area contributed by atoms with Crippen LogP contribution in [-0.2, 0) is 4.79 Å². The van der Waals surface area contributed by atoms with Crippen molar-refractivity contribution in [3.8, 4) is 11.4 Å². The van der Waals surface area contributed by atoms with Crippen LogP contribution in [0.2, 0.25) is 0 Å². The molecule has 6 heteroatoms. The summed E-state index contributed by atoms with van der Waals surface area (Å²) in [5.41, 5.74) is 4.56.